The normalized spacial score (nSPS) is 24.9. The van der Waals surface area contributed by atoms with Crippen molar-refractivity contribution in [3.63, 3.8) is 0 Å². The Labute approximate surface area is 121 Å². The molecule has 20 heavy (non-hydrogen) atoms. The summed E-state index contributed by atoms with van der Waals surface area (Å²) in [4.78, 5) is 27.2. The second kappa shape index (κ2) is 7.62. The third-order valence-electron chi connectivity index (χ3n) is 4.47. The van der Waals surface area contributed by atoms with Gasteiger partial charge in [0.2, 0.25) is 11.8 Å². The van der Waals surface area contributed by atoms with Crippen LogP contribution in [0.2, 0.25) is 0 Å². The molecule has 2 rings (SSSR count). The van der Waals surface area contributed by atoms with Gasteiger partial charge in [0.25, 0.3) is 0 Å². The highest BCUT2D eigenvalue weighted by Crippen LogP contribution is 2.18. The molecule has 5 heteroatoms. The van der Waals surface area contributed by atoms with Crippen molar-refractivity contribution in [3.05, 3.63) is 0 Å². The molecule has 0 saturated carbocycles. The van der Waals surface area contributed by atoms with Gasteiger partial charge in [0.1, 0.15) is 0 Å². The summed E-state index contributed by atoms with van der Waals surface area (Å²) in [5, 5.41) is 0. The van der Waals surface area contributed by atoms with Gasteiger partial charge < -0.3 is 15.5 Å². The van der Waals surface area contributed by atoms with Crippen LogP contribution in [0.4, 0.5) is 0 Å². The van der Waals surface area contributed by atoms with Gasteiger partial charge in [-0.1, -0.05) is 12.8 Å². The lowest BCUT2D eigenvalue weighted by atomic mass is 10.1. The number of hydrogen-bond donors (Lipinski definition) is 1. The van der Waals surface area contributed by atoms with Crippen LogP contribution < -0.4 is 5.73 Å². The maximum atomic E-state index is 11.7. The molecule has 0 radical (unpaired) electrons. The summed E-state index contributed by atoms with van der Waals surface area (Å²) in [6.07, 6.45) is 7.84. The van der Waals surface area contributed by atoms with E-state index in [-0.39, 0.29) is 17.7 Å². The highest BCUT2D eigenvalue weighted by molar-refractivity contribution is 5.88. The van der Waals surface area contributed by atoms with Crippen LogP contribution in [-0.2, 0) is 9.59 Å². The van der Waals surface area contributed by atoms with Crippen molar-refractivity contribution >= 4 is 11.8 Å². The van der Waals surface area contributed by atoms with E-state index in [0.717, 1.165) is 25.9 Å². The first kappa shape index (κ1) is 15.3. The van der Waals surface area contributed by atoms with Gasteiger partial charge in [-0.05, 0) is 45.3 Å². The molecule has 2 fully saturated rings. The van der Waals surface area contributed by atoms with E-state index in [4.69, 9.17) is 5.73 Å². The summed E-state index contributed by atoms with van der Waals surface area (Å²) in [6, 6.07) is 0. The number of unbranched alkanes of at least 4 members (excludes halogenated alkanes) is 1. The Morgan fingerprint density at radius 2 is 1.75 bits per heavy atom. The van der Waals surface area contributed by atoms with Gasteiger partial charge >= 0.3 is 0 Å². The number of nitrogens with zero attached hydrogens (tertiary/aromatic N) is 2. The minimum atomic E-state index is -0.342. The fourth-order valence-corrected chi connectivity index (χ4v) is 3.18. The van der Waals surface area contributed by atoms with E-state index in [1.807, 2.05) is 0 Å². The summed E-state index contributed by atoms with van der Waals surface area (Å²) < 4.78 is 0. The molecule has 114 valence electrons. The Morgan fingerprint density at radius 1 is 1.10 bits per heavy atom. The van der Waals surface area contributed by atoms with Crippen LogP contribution in [0.25, 0.3) is 0 Å². The molecular formula is C15H27N3O2. The predicted molar refractivity (Wildman–Crippen MR) is 78.0 cm³/mol. The van der Waals surface area contributed by atoms with Gasteiger partial charge in [-0.15, -0.1) is 0 Å². The Kier molecular flexibility index (Phi) is 5.83. The van der Waals surface area contributed by atoms with Gasteiger partial charge in [-0.2, -0.15) is 0 Å². The zero-order valence-corrected chi connectivity index (χ0v) is 12.4. The zero-order valence-electron chi connectivity index (χ0n) is 12.4. The summed E-state index contributed by atoms with van der Waals surface area (Å²) in [5.41, 5.74) is 5.26. The largest absolute Gasteiger partial charge is 0.369 e. The van der Waals surface area contributed by atoms with E-state index in [1.54, 1.807) is 4.90 Å². The number of hydrogen-bond acceptors (Lipinski definition) is 3. The van der Waals surface area contributed by atoms with Crippen LogP contribution in [0.1, 0.15) is 44.9 Å². The minimum Gasteiger partial charge on any atom is -0.369 e. The van der Waals surface area contributed by atoms with Crippen LogP contribution >= 0.6 is 0 Å². The van der Waals surface area contributed by atoms with Gasteiger partial charge in [-0.3, -0.25) is 9.59 Å². The molecule has 2 heterocycles. The van der Waals surface area contributed by atoms with Gasteiger partial charge in [0.05, 0.1) is 5.92 Å². The number of carbonyl (C=O) groups is 2. The summed E-state index contributed by atoms with van der Waals surface area (Å²) in [5.74, 6) is -0.526. The van der Waals surface area contributed by atoms with Crippen LogP contribution in [0.15, 0.2) is 0 Å². The molecule has 0 aliphatic carbocycles. The molecule has 5 nitrogen and oxygen atoms in total. The predicted octanol–water partition coefficient (Wildman–Crippen LogP) is 0.976. The second-order valence-electron chi connectivity index (χ2n) is 6.11. The standard InChI is InChI=1S/C15H27N3O2/c16-15(20)13-11-14(19)18(12-13)10-6-5-9-17-7-3-1-2-4-8-17/h13H,1-12H2,(H2,16,20). The topological polar surface area (TPSA) is 66.6 Å². The minimum absolute atomic E-state index is 0.0866. The first-order valence-corrected chi connectivity index (χ1v) is 7.96. The van der Waals surface area contributed by atoms with E-state index in [1.165, 1.54) is 38.8 Å². The van der Waals surface area contributed by atoms with E-state index >= 15 is 0 Å². The average molecular weight is 281 g/mol. The molecule has 2 N–H and O–H groups in total. The first-order chi connectivity index (χ1) is 9.66. The van der Waals surface area contributed by atoms with Crippen LogP contribution in [0, 0.1) is 5.92 Å². The first-order valence-electron chi connectivity index (χ1n) is 7.96. The van der Waals surface area contributed by atoms with Crippen molar-refractivity contribution in [1.82, 2.24) is 9.80 Å². The van der Waals surface area contributed by atoms with Crippen molar-refractivity contribution in [3.8, 4) is 0 Å². The van der Waals surface area contributed by atoms with Crippen molar-refractivity contribution < 1.29 is 9.59 Å². The van der Waals surface area contributed by atoms with E-state index in [0.29, 0.717) is 13.0 Å². The molecule has 0 aromatic heterocycles. The molecule has 2 aliphatic heterocycles. The molecule has 2 aliphatic rings. The number of nitrogens with two attached hydrogens (primary N) is 1. The monoisotopic (exact) mass is 281 g/mol. The second-order valence-corrected chi connectivity index (χ2v) is 6.11. The van der Waals surface area contributed by atoms with Gasteiger partial charge in [0.15, 0.2) is 0 Å². The lowest BCUT2D eigenvalue weighted by Crippen LogP contribution is -2.30. The number of primary amides is 1. The number of likely N-dealkylation sites (tertiary alicyclic amines) is 2. The Balaban J connectivity index is 1.61. The lowest BCUT2D eigenvalue weighted by Gasteiger charge is -2.21. The summed E-state index contributed by atoms with van der Waals surface area (Å²) >= 11 is 0. The van der Waals surface area contributed by atoms with Crippen molar-refractivity contribution in [1.29, 1.82) is 0 Å². The fraction of sp³-hybridized carbons (Fsp3) is 0.867. The van der Waals surface area contributed by atoms with Gasteiger partial charge in [0, 0.05) is 19.5 Å². The Morgan fingerprint density at radius 3 is 2.35 bits per heavy atom. The molecule has 0 bridgehead atoms. The number of amides is 2. The number of carbonyl (C=O) groups excluding carboxylic acids is 2. The van der Waals surface area contributed by atoms with Crippen LogP contribution in [0.3, 0.4) is 0 Å². The zero-order chi connectivity index (χ0) is 14.4. The molecule has 0 aromatic carbocycles. The van der Waals surface area contributed by atoms with E-state index in [9.17, 15) is 9.59 Å². The fourth-order valence-electron chi connectivity index (χ4n) is 3.18. The maximum absolute atomic E-state index is 11.7. The van der Waals surface area contributed by atoms with Crippen LogP contribution in [-0.4, -0.2) is 54.3 Å². The molecule has 1 atom stereocenters. The molecule has 2 amide bonds. The Bertz CT molecular complexity index is 338. The van der Waals surface area contributed by atoms with E-state index in [2.05, 4.69) is 4.90 Å². The SMILES string of the molecule is NC(=O)C1CC(=O)N(CCCCN2CCCCCC2)C1. The molecule has 2 saturated heterocycles. The summed E-state index contributed by atoms with van der Waals surface area (Å²) in [6.45, 7) is 4.90. The van der Waals surface area contributed by atoms with E-state index < -0.39 is 0 Å². The smallest absolute Gasteiger partial charge is 0.223 e. The third-order valence-corrected chi connectivity index (χ3v) is 4.47. The highest BCUT2D eigenvalue weighted by atomic mass is 16.2. The average Bonchev–Trinajstić information content (AvgIpc) is 2.64. The molecule has 0 spiro atoms. The molecule has 0 aromatic rings. The maximum Gasteiger partial charge on any atom is 0.223 e. The third kappa shape index (κ3) is 4.47. The van der Waals surface area contributed by atoms with Crippen LogP contribution in [0.5, 0.6) is 0 Å². The van der Waals surface area contributed by atoms with Crippen molar-refractivity contribution in [2.45, 2.75) is 44.9 Å². The van der Waals surface area contributed by atoms with Gasteiger partial charge in [-0.25, -0.2) is 0 Å². The van der Waals surface area contributed by atoms with Crippen molar-refractivity contribution in [2.75, 3.05) is 32.7 Å². The lowest BCUT2D eigenvalue weighted by molar-refractivity contribution is -0.128. The quantitative estimate of drug-likeness (QED) is 0.738. The molecule has 1 unspecified atom stereocenters. The van der Waals surface area contributed by atoms with Crippen molar-refractivity contribution in [2.24, 2.45) is 11.7 Å². The Hall–Kier alpha value is -1.10. The highest BCUT2D eigenvalue weighted by Gasteiger charge is 2.32. The summed E-state index contributed by atoms with van der Waals surface area (Å²) in [7, 11) is 0. The number of rotatable bonds is 6. The molecular weight excluding hydrogens is 254 g/mol.